The lowest BCUT2D eigenvalue weighted by Gasteiger charge is -2.27. The van der Waals surface area contributed by atoms with Gasteiger partial charge in [0.05, 0.1) is 6.54 Å². The zero-order chi connectivity index (χ0) is 22.9. The number of nitrogens with zero attached hydrogens (tertiary/aromatic N) is 2. The first-order valence-electron chi connectivity index (χ1n) is 10.5. The van der Waals surface area contributed by atoms with Crippen LogP contribution in [0.1, 0.15) is 27.4 Å². The smallest absolute Gasteiger partial charge is 0.254 e. The number of rotatable bonds is 10. The zero-order valence-electron chi connectivity index (χ0n) is 18.2. The fraction of sp³-hybridized carbons (Fsp3) is 0.231. The van der Waals surface area contributed by atoms with Crippen molar-refractivity contribution in [3.63, 3.8) is 0 Å². The minimum absolute atomic E-state index is 0.114. The predicted molar refractivity (Wildman–Crippen MR) is 122 cm³/mol. The highest BCUT2D eigenvalue weighted by atomic mass is 19.1. The summed E-state index contributed by atoms with van der Waals surface area (Å²) in [6, 6.07) is 18.9. The van der Waals surface area contributed by atoms with Gasteiger partial charge in [0, 0.05) is 18.7 Å². The van der Waals surface area contributed by atoms with Gasteiger partial charge in [0.15, 0.2) is 0 Å². The van der Waals surface area contributed by atoms with Gasteiger partial charge in [0.25, 0.3) is 5.91 Å². The Bertz CT molecular complexity index is 1040. The molecule has 0 N–H and O–H groups in total. The van der Waals surface area contributed by atoms with Crippen LogP contribution in [0.3, 0.4) is 0 Å². The maximum Gasteiger partial charge on any atom is 0.254 e. The molecule has 1 heterocycles. The monoisotopic (exact) mass is 434 g/mol. The summed E-state index contributed by atoms with van der Waals surface area (Å²) in [7, 11) is 0. The molecule has 0 unspecified atom stereocenters. The number of hydrogen-bond donors (Lipinski definition) is 0. The molecule has 3 aromatic rings. The van der Waals surface area contributed by atoms with E-state index in [1.54, 1.807) is 11.0 Å². The molecule has 5 nitrogen and oxygen atoms in total. The van der Waals surface area contributed by atoms with Crippen molar-refractivity contribution in [1.29, 1.82) is 0 Å². The summed E-state index contributed by atoms with van der Waals surface area (Å²) in [5, 5.41) is 0. The molecule has 0 fully saturated rings. The Hall–Kier alpha value is -3.67. The van der Waals surface area contributed by atoms with Gasteiger partial charge in [0.2, 0.25) is 5.91 Å². The van der Waals surface area contributed by atoms with Gasteiger partial charge in [-0.1, -0.05) is 36.4 Å². The van der Waals surface area contributed by atoms with Crippen molar-refractivity contribution in [2.45, 2.75) is 19.9 Å². The number of carbonyl (C=O) groups is 2. The van der Waals surface area contributed by atoms with Crippen molar-refractivity contribution in [2.24, 2.45) is 0 Å². The van der Waals surface area contributed by atoms with Crippen LogP contribution in [0.5, 0.6) is 0 Å². The average Bonchev–Trinajstić information content (AvgIpc) is 3.21. The lowest BCUT2D eigenvalue weighted by atomic mass is 10.1. The van der Waals surface area contributed by atoms with E-state index in [-0.39, 0.29) is 24.9 Å². The second kappa shape index (κ2) is 11.1. The lowest BCUT2D eigenvalue weighted by Crippen LogP contribution is -2.43. The molecule has 0 saturated carbocycles. The first kappa shape index (κ1) is 23.0. The van der Waals surface area contributed by atoms with E-state index in [0.717, 1.165) is 11.3 Å². The van der Waals surface area contributed by atoms with E-state index in [1.165, 1.54) is 29.2 Å². The summed E-state index contributed by atoms with van der Waals surface area (Å²) in [5.74, 6) is 0.482. The second-order valence-corrected chi connectivity index (χ2v) is 7.54. The molecule has 3 rings (SSSR count). The maximum absolute atomic E-state index is 13.2. The van der Waals surface area contributed by atoms with Crippen molar-refractivity contribution >= 4 is 11.8 Å². The van der Waals surface area contributed by atoms with E-state index in [2.05, 4.69) is 6.58 Å². The van der Waals surface area contributed by atoms with Crippen LogP contribution in [0, 0.1) is 12.7 Å². The molecule has 0 aliphatic carbocycles. The van der Waals surface area contributed by atoms with Gasteiger partial charge in [-0.15, -0.1) is 6.58 Å². The molecule has 6 heteroatoms. The third-order valence-electron chi connectivity index (χ3n) is 5.06. The second-order valence-electron chi connectivity index (χ2n) is 7.54. The van der Waals surface area contributed by atoms with Crippen molar-refractivity contribution in [2.75, 3.05) is 19.6 Å². The molecule has 166 valence electrons. The summed E-state index contributed by atoms with van der Waals surface area (Å²) in [6.45, 7) is 6.43. The summed E-state index contributed by atoms with van der Waals surface area (Å²) < 4.78 is 18.9. The predicted octanol–water partition coefficient (Wildman–Crippen LogP) is 4.63. The molecular formula is C26H27FN2O3. The molecule has 2 amide bonds. The number of hydrogen-bond acceptors (Lipinski definition) is 3. The highest BCUT2D eigenvalue weighted by Crippen LogP contribution is 2.13. The largest absolute Gasteiger partial charge is 0.464 e. The number of aryl methyl sites for hydroxylation is 1. The maximum atomic E-state index is 13.2. The van der Waals surface area contributed by atoms with Gasteiger partial charge in [-0.05, 0) is 55.3 Å². The third-order valence-corrected chi connectivity index (χ3v) is 5.06. The first-order chi connectivity index (χ1) is 15.5. The molecule has 0 saturated heterocycles. The summed E-state index contributed by atoms with van der Waals surface area (Å²) in [6.07, 6.45) is 2.25. The van der Waals surface area contributed by atoms with Crippen molar-refractivity contribution < 1.29 is 18.4 Å². The number of carbonyl (C=O) groups excluding carboxylic acids is 2. The molecular weight excluding hydrogens is 407 g/mol. The Balaban J connectivity index is 1.75. The third kappa shape index (κ3) is 6.41. The van der Waals surface area contributed by atoms with Crippen LogP contribution in [0.25, 0.3) is 0 Å². The van der Waals surface area contributed by atoms with Crippen LogP contribution in [-0.4, -0.2) is 41.2 Å². The van der Waals surface area contributed by atoms with E-state index in [0.29, 0.717) is 30.8 Å². The van der Waals surface area contributed by atoms with E-state index < -0.39 is 5.82 Å². The average molecular weight is 435 g/mol. The molecule has 0 aliphatic rings. The lowest BCUT2D eigenvalue weighted by molar-refractivity contribution is -0.132. The SMILES string of the molecule is C=CCN(CC(=O)N(CCc1ccccc1)Cc1ccc(C)o1)C(=O)c1ccc(F)cc1. The van der Waals surface area contributed by atoms with Crippen LogP contribution in [0.2, 0.25) is 0 Å². The van der Waals surface area contributed by atoms with Crippen LogP contribution in [-0.2, 0) is 17.8 Å². The van der Waals surface area contributed by atoms with Crippen LogP contribution >= 0.6 is 0 Å². The van der Waals surface area contributed by atoms with Gasteiger partial charge < -0.3 is 14.2 Å². The van der Waals surface area contributed by atoms with Gasteiger partial charge >= 0.3 is 0 Å². The van der Waals surface area contributed by atoms with Crippen LogP contribution in [0.4, 0.5) is 4.39 Å². The van der Waals surface area contributed by atoms with Crippen LogP contribution in [0.15, 0.2) is 83.8 Å². The Labute approximate surface area is 187 Å². The molecule has 0 aliphatic heterocycles. The number of benzene rings is 2. The van der Waals surface area contributed by atoms with Gasteiger partial charge in [-0.2, -0.15) is 0 Å². The van der Waals surface area contributed by atoms with Crippen molar-refractivity contribution in [1.82, 2.24) is 9.80 Å². The molecule has 0 radical (unpaired) electrons. The Kier molecular flexibility index (Phi) is 7.97. The molecule has 32 heavy (non-hydrogen) atoms. The van der Waals surface area contributed by atoms with Crippen molar-refractivity contribution in [3.8, 4) is 0 Å². The van der Waals surface area contributed by atoms with Gasteiger partial charge in [-0.25, -0.2) is 4.39 Å². The summed E-state index contributed by atoms with van der Waals surface area (Å²) >= 11 is 0. The minimum atomic E-state index is -0.422. The Morgan fingerprint density at radius 2 is 1.72 bits per heavy atom. The fourth-order valence-corrected chi connectivity index (χ4v) is 3.37. The molecule has 0 spiro atoms. The minimum Gasteiger partial charge on any atom is -0.464 e. The highest BCUT2D eigenvalue weighted by molar-refractivity contribution is 5.96. The van der Waals surface area contributed by atoms with Gasteiger partial charge in [0.1, 0.15) is 23.9 Å². The van der Waals surface area contributed by atoms with Crippen LogP contribution < -0.4 is 0 Å². The molecule has 0 atom stereocenters. The van der Waals surface area contributed by atoms with E-state index in [9.17, 15) is 14.0 Å². The quantitative estimate of drug-likeness (QED) is 0.437. The molecule has 2 aromatic carbocycles. The zero-order valence-corrected chi connectivity index (χ0v) is 18.2. The Morgan fingerprint density at radius 1 is 1.00 bits per heavy atom. The molecule has 0 bridgehead atoms. The summed E-state index contributed by atoms with van der Waals surface area (Å²) in [5.41, 5.74) is 1.44. The first-order valence-corrected chi connectivity index (χ1v) is 10.5. The number of amides is 2. The number of furan rings is 1. The molecule has 1 aromatic heterocycles. The van der Waals surface area contributed by atoms with E-state index in [1.807, 2.05) is 49.4 Å². The standard InChI is InChI=1S/C26H27FN2O3/c1-3-16-29(26(31)22-10-12-23(27)13-11-22)19-25(30)28(18-24-14-9-20(2)32-24)17-15-21-7-5-4-6-8-21/h3-14H,1,15-19H2,2H3. The normalized spacial score (nSPS) is 10.6. The fourth-order valence-electron chi connectivity index (χ4n) is 3.37. The highest BCUT2D eigenvalue weighted by Gasteiger charge is 2.22. The Morgan fingerprint density at radius 3 is 2.34 bits per heavy atom. The van der Waals surface area contributed by atoms with Crippen molar-refractivity contribution in [3.05, 3.63) is 108 Å². The van der Waals surface area contributed by atoms with Gasteiger partial charge in [-0.3, -0.25) is 9.59 Å². The van der Waals surface area contributed by atoms with E-state index in [4.69, 9.17) is 4.42 Å². The number of halogens is 1. The topological polar surface area (TPSA) is 53.8 Å². The summed E-state index contributed by atoms with van der Waals surface area (Å²) in [4.78, 5) is 29.3. The van der Waals surface area contributed by atoms with E-state index >= 15 is 0 Å².